The van der Waals surface area contributed by atoms with Crippen LogP contribution in [0.25, 0.3) is 0 Å². The Hall–Kier alpha value is -2.50. The van der Waals surface area contributed by atoms with E-state index >= 15 is 0 Å². The molecule has 0 saturated carbocycles. The number of rotatable bonds is 8. The van der Waals surface area contributed by atoms with E-state index in [0.717, 1.165) is 17.7 Å². The molecule has 2 rings (SSSR count). The molecule has 0 spiro atoms. The van der Waals surface area contributed by atoms with Crippen molar-refractivity contribution in [3.63, 3.8) is 0 Å². The third-order valence-corrected chi connectivity index (χ3v) is 3.17. The predicted molar refractivity (Wildman–Crippen MR) is 84.0 cm³/mol. The third kappa shape index (κ3) is 4.48. The minimum Gasteiger partial charge on any atom is -0.497 e. The Kier molecular flexibility index (Phi) is 6.02. The summed E-state index contributed by atoms with van der Waals surface area (Å²) in [6, 6.07) is 7.77. The Morgan fingerprint density at radius 3 is 2.48 bits per heavy atom. The number of methoxy groups -OCH3 is 1. The number of ether oxygens (including phenoxy) is 3. The summed E-state index contributed by atoms with van der Waals surface area (Å²) in [5.41, 5.74) is 1.22. The van der Waals surface area contributed by atoms with Crippen LogP contribution in [-0.2, 0) is 17.6 Å². The molecule has 124 valence electrons. The van der Waals surface area contributed by atoms with Crippen LogP contribution in [0.1, 0.15) is 35.8 Å². The number of esters is 1. The highest BCUT2D eigenvalue weighted by Gasteiger charge is 2.22. The summed E-state index contributed by atoms with van der Waals surface area (Å²) in [4.78, 5) is 16.1. The summed E-state index contributed by atoms with van der Waals surface area (Å²) in [5.74, 6) is 0.853. The number of hydrogen-bond acceptors (Lipinski definition) is 6. The van der Waals surface area contributed by atoms with Crippen molar-refractivity contribution in [2.75, 3.05) is 20.3 Å². The Bertz CT molecular complexity index is 633. The monoisotopic (exact) mass is 319 g/mol. The first-order chi connectivity index (χ1) is 11.2. The number of nitrogens with zero attached hydrogens (tertiary/aromatic N) is 1. The lowest BCUT2D eigenvalue weighted by Crippen LogP contribution is -2.07. The van der Waals surface area contributed by atoms with Crippen LogP contribution in [0, 0.1) is 0 Å². The fourth-order valence-electron chi connectivity index (χ4n) is 2.06. The molecule has 1 heterocycles. The van der Waals surface area contributed by atoms with Gasteiger partial charge in [0.25, 0.3) is 0 Å². The zero-order chi connectivity index (χ0) is 16.7. The van der Waals surface area contributed by atoms with E-state index in [2.05, 4.69) is 4.98 Å². The first-order valence-electron chi connectivity index (χ1n) is 7.60. The van der Waals surface area contributed by atoms with Gasteiger partial charge in [0.05, 0.1) is 20.3 Å². The molecule has 23 heavy (non-hydrogen) atoms. The van der Waals surface area contributed by atoms with Crippen molar-refractivity contribution < 1.29 is 23.4 Å². The van der Waals surface area contributed by atoms with Gasteiger partial charge in [-0.2, -0.15) is 0 Å². The van der Waals surface area contributed by atoms with E-state index in [0.29, 0.717) is 18.9 Å². The van der Waals surface area contributed by atoms with Gasteiger partial charge in [-0.1, -0.05) is 12.1 Å². The van der Waals surface area contributed by atoms with Gasteiger partial charge < -0.3 is 18.6 Å². The number of carbonyl (C=O) groups is 1. The topological polar surface area (TPSA) is 70.8 Å². The van der Waals surface area contributed by atoms with Gasteiger partial charge in [-0.15, -0.1) is 0 Å². The van der Waals surface area contributed by atoms with Crippen LogP contribution in [0.4, 0.5) is 0 Å². The highest BCUT2D eigenvalue weighted by atomic mass is 16.6. The molecule has 0 aliphatic heterocycles. The van der Waals surface area contributed by atoms with Gasteiger partial charge in [-0.25, -0.2) is 9.78 Å². The van der Waals surface area contributed by atoms with E-state index in [1.807, 2.05) is 31.2 Å². The fourth-order valence-corrected chi connectivity index (χ4v) is 2.06. The second-order valence-corrected chi connectivity index (χ2v) is 4.75. The molecule has 0 saturated heterocycles. The number of aryl methyl sites for hydroxylation is 2. The van der Waals surface area contributed by atoms with Gasteiger partial charge in [0, 0.05) is 6.42 Å². The Balaban J connectivity index is 2.06. The van der Waals surface area contributed by atoms with Crippen molar-refractivity contribution in [3.05, 3.63) is 41.4 Å². The zero-order valence-corrected chi connectivity index (χ0v) is 13.6. The van der Waals surface area contributed by atoms with Crippen LogP contribution in [0.15, 0.2) is 28.7 Å². The van der Waals surface area contributed by atoms with Gasteiger partial charge in [0.1, 0.15) is 5.75 Å². The maximum Gasteiger partial charge on any atom is 0.364 e. The van der Waals surface area contributed by atoms with Gasteiger partial charge >= 0.3 is 11.9 Å². The molecule has 0 fully saturated rings. The Morgan fingerprint density at radius 2 is 1.87 bits per heavy atom. The number of hydrogen-bond donors (Lipinski definition) is 0. The number of aromatic nitrogens is 1. The lowest BCUT2D eigenvalue weighted by molar-refractivity contribution is 0.0512. The first-order valence-corrected chi connectivity index (χ1v) is 7.60. The molecule has 0 amide bonds. The molecule has 0 bridgehead atoms. The second kappa shape index (κ2) is 8.22. The Morgan fingerprint density at radius 1 is 1.13 bits per heavy atom. The van der Waals surface area contributed by atoms with Crippen molar-refractivity contribution in [1.29, 1.82) is 0 Å². The van der Waals surface area contributed by atoms with E-state index < -0.39 is 5.97 Å². The SMILES string of the molecule is CCOC(=O)c1nc(CCc2ccc(OC)cc2)oc1OCC. The predicted octanol–water partition coefficient (Wildman–Crippen LogP) is 3.04. The molecule has 6 heteroatoms. The molecular weight excluding hydrogens is 298 g/mol. The van der Waals surface area contributed by atoms with Crippen molar-refractivity contribution in [2.45, 2.75) is 26.7 Å². The smallest absolute Gasteiger partial charge is 0.364 e. The van der Waals surface area contributed by atoms with Crippen molar-refractivity contribution >= 4 is 5.97 Å². The van der Waals surface area contributed by atoms with Crippen molar-refractivity contribution in [1.82, 2.24) is 4.98 Å². The summed E-state index contributed by atoms with van der Waals surface area (Å²) >= 11 is 0. The third-order valence-electron chi connectivity index (χ3n) is 3.17. The molecule has 0 aliphatic carbocycles. The van der Waals surface area contributed by atoms with Gasteiger partial charge in [0.2, 0.25) is 5.69 Å². The molecule has 0 aliphatic rings. The summed E-state index contributed by atoms with van der Waals surface area (Å²) in [6.07, 6.45) is 1.30. The largest absolute Gasteiger partial charge is 0.497 e. The van der Waals surface area contributed by atoms with Crippen molar-refractivity contribution in [2.24, 2.45) is 0 Å². The van der Waals surface area contributed by atoms with Crippen molar-refractivity contribution in [3.8, 4) is 11.7 Å². The second-order valence-electron chi connectivity index (χ2n) is 4.75. The quantitative estimate of drug-likeness (QED) is 0.697. The summed E-state index contributed by atoms with van der Waals surface area (Å²) in [7, 11) is 1.63. The lowest BCUT2D eigenvalue weighted by Gasteiger charge is -2.02. The van der Waals surface area contributed by atoms with Gasteiger partial charge in [-0.3, -0.25) is 0 Å². The van der Waals surface area contributed by atoms with E-state index in [1.54, 1.807) is 14.0 Å². The number of carbonyl (C=O) groups excluding carboxylic acids is 1. The normalized spacial score (nSPS) is 10.4. The number of oxazole rings is 1. The van der Waals surface area contributed by atoms with Crippen LogP contribution >= 0.6 is 0 Å². The molecule has 0 radical (unpaired) electrons. The molecule has 2 aromatic rings. The first kappa shape index (κ1) is 16.9. The van der Waals surface area contributed by atoms with Crippen LogP contribution in [0.3, 0.4) is 0 Å². The van der Waals surface area contributed by atoms with E-state index in [-0.39, 0.29) is 18.2 Å². The molecule has 6 nitrogen and oxygen atoms in total. The minimum atomic E-state index is -0.532. The van der Waals surface area contributed by atoms with E-state index in [4.69, 9.17) is 18.6 Å². The molecule has 1 aromatic carbocycles. The molecular formula is C17H21NO5. The number of benzene rings is 1. The summed E-state index contributed by atoms with van der Waals surface area (Å²) in [5, 5.41) is 0. The van der Waals surface area contributed by atoms with Crippen LogP contribution in [0.5, 0.6) is 11.7 Å². The maximum atomic E-state index is 11.9. The fraction of sp³-hybridized carbons (Fsp3) is 0.412. The standard InChI is InChI=1S/C17H21NO5/c1-4-21-16(19)15-17(22-5-2)23-14(18-15)11-8-12-6-9-13(20-3)10-7-12/h6-7,9-10H,4-5,8,11H2,1-3H3. The zero-order valence-electron chi connectivity index (χ0n) is 13.6. The molecule has 1 aromatic heterocycles. The molecule has 0 N–H and O–H groups in total. The highest BCUT2D eigenvalue weighted by molar-refractivity contribution is 5.89. The summed E-state index contributed by atoms with van der Waals surface area (Å²) in [6.45, 7) is 4.22. The molecule has 0 unspecified atom stereocenters. The minimum absolute atomic E-state index is 0.0958. The van der Waals surface area contributed by atoms with Gasteiger partial charge in [0.15, 0.2) is 5.89 Å². The van der Waals surface area contributed by atoms with E-state index in [1.165, 1.54) is 0 Å². The van der Waals surface area contributed by atoms with Crippen LogP contribution in [0.2, 0.25) is 0 Å². The summed E-state index contributed by atoms with van der Waals surface area (Å²) < 4.78 is 20.9. The highest BCUT2D eigenvalue weighted by Crippen LogP contribution is 2.22. The lowest BCUT2D eigenvalue weighted by atomic mass is 10.1. The average molecular weight is 319 g/mol. The van der Waals surface area contributed by atoms with Gasteiger partial charge in [-0.05, 0) is 38.0 Å². The maximum absolute atomic E-state index is 11.9. The Labute approximate surface area is 135 Å². The average Bonchev–Trinajstić information content (AvgIpc) is 2.97. The van der Waals surface area contributed by atoms with Crippen LogP contribution in [-0.4, -0.2) is 31.3 Å². The van der Waals surface area contributed by atoms with E-state index in [9.17, 15) is 4.79 Å². The van der Waals surface area contributed by atoms with Crippen LogP contribution < -0.4 is 9.47 Å². The molecule has 0 atom stereocenters.